The maximum absolute atomic E-state index is 12.8. The molecule has 0 unspecified atom stereocenters. The summed E-state index contributed by atoms with van der Waals surface area (Å²) in [6.07, 6.45) is 7.28. The maximum atomic E-state index is 12.8. The van der Waals surface area contributed by atoms with Crippen molar-refractivity contribution < 1.29 is 18.7 Å². The van der Waals surface area contributed by atoms with Gasteiger partial charge in [0.05, 0.1) is 12.2 Å². The van der Waals surface area contributed by atoms with Gasteiger partial charge in [-0.25, -0.2) is 0 Å². The Bertz CT molecular complexity index is 853. The van der Waals surface area contributed by atoms with Crippen LogP contribution in [-0.4, -0.2) is 60.5 Å². The van der Waals surface area contributed by atoms with Gasteiger partial charge in [0, 0.05) is 38.6 Å². The van der Waals surface area contributed by atoms with E-state index in [0.717, 1.165) is 32.5 Å². The van der Waals surface area contributed by atoms with Crippen molar-refractivity contribution in [3.8, 4) is 0 Å². The number of hydrogen-bond acceptors (Lipinski definition) is 5. The van der Waals surface area contributed by atoms with Crippen molar-refractivity contribution in [3.05, 3.63) is 35.3 Å². The van der Waals surface area contributed by atoms with E-state index in [4.69, 9.17) is 9.15 Å². The molecule has 30 heavy (non-hydrogen) atoms. The molecule has 0 radical (unpaired) electrons. The Kier molecular flexibility index (Phi) is 5.00. The van der Waals surface area contributed by atoms with Crippen molar-refractivity contribution in [2.75, 3.05) is 32.7 Å². The van der Waals surface area contributed by atoms with E-state index in [1.165, 1.54) is 25.5 Å². The van der Waals surface area contributed by atoms with Crippen molar-refractivity contribution in [2.24, 2.45) is 17.3 Å². The zero-order chi connectivity index (χ0) is 20.9. The van der Waals surface area contributed by atoms with Gasteiger partial charge in [-0.05, 0) is 56.6 Å². The number of rotatable bonds is 3. The number of esters is 1. The number of carbonyl (C=O) groups is 2. The first-order valence-corrected chi connectivity index (χ1v) is 11.4. The van der Waals surface area contributed by atoms with E-state index in [9.17, 15) is 9.59 Å². The van der Waals surface area contributed by atoms with Gasteiger partial charge in [0.2, 0.25) is 0 Å². The second-order valence-corrected chi connectivity index (χ2v) is 9.90. The summed E-state index contributed by atoms with van der Waals surface area (Å²) in [6.45, 7) is 8.30. The normalized spacial score (nSPS) is 34.5. The molecule has 4 aliphatic rings. The molecule has 2 aliphatic carbocycles. The topological polar surface area (TPSA) is 63.0 Å². The highest BCUT2D eigenvalue weighted by Crippen LogP contribution is 2.55. The third kappa shape index (κ3) is 3.39. The summed E-state index contributed by atoms with van der Waals surface area (Å²) in [6, 6.07) is 3.45. The summed E-state index contributed by atoms with van der Waals surface area (Å²) in [7, 11) is 0. The van der Waals surface area contributed by atoms with Crippen LogP contribution in [0.2, 0.25) is 0 Å². The number of nitrogens with zero attached hydrogens (tertiary/aromatic N) is 2. The largest absolute Gasteiger partial charge is 0.462 e. The molecule has 0 aromatic carbocycles. The van der Waals surface area contributed by atoms with Crippen LogP contribution in [0, 0.1) is 17.3 Å². The maximum Gasteiger partial charge on any atom is 0.310 e. The fourth-order valence-corrected chi connectivity index (χ4v) is 6.29. The Balaban J connectivity index is 1.23. The monoisotopic (exact) mass is 412 g/mol. The highest BCUT2D eigenvalue weighted by molar-refractivity contribution is 5.91. The van der Waals surface area contributed by atoms with Gasteiger partial charge in [-0.2, -0.15) is 0 Å². The van der Waals surface area contributed by atoms with E-state index in [0.29, 0.717) is 24.8 Å². The molecule has 0 N–H and O–H groups in total. The number of amides is 1. The molecular formula is C24H32N2O4. The molecule has 3 heterocycles. The van der Waals surface area contributed by atoms with Crippen LogP contribution in [0.25, 0.3) is 0 Å². The molecule has 6 heteroatoms. The van der Waals surface area contributed by atoms with Crippen LogP contribution in [0.3, 0.4) is 0 Å². The van der Waals surface area contributed by atoms with Crippen LogP contribution in [-0.2, 0) is 9.53 Å². The number of carbonyl (C=O) groups excluding carboxylic acids is 2. The minimum atomic E-state index is -0.0498. The lowest BCUT2D eigenvalue weighted by atomic mass is 9.59. The van der Waals surface area contributed by atoms with E-state index in [-0.39, 0.29) is 29.3 Å². The summed E-state index contributed by atoms with van der Waals surface area (Å²) < 4.78 is 11.2. The number of hydrogen-bond donors (Lipinski definition) is 0. The Labute approximate surface area is 178 Å². The van der Waals surface area contributed by atoms with E-state index in [1.807, 2.05) is 4.90 Å². The summed E-state index contributed by atoms with van der Waals surface area (Å²) in [5.74, 6) is 0.586. The van der Waals surface area contributed by atoms with Crippen LogP contribution in [0.4, 0.5) is 0 Å². The van der Waals surface area contributed by atoms with Crippen molar-refractivity contribution in [3.63, 3.8) is 0 Å². The van der Waals surface area contributed by atoms with Gasteiger partial charge in [0.15, 0.2) is 5.76 Å². The third-order valence-electron chi connectivity index (χ3n) is 8.03. The van der Waals surface area contributed by atoms with Gasteiger partial charge >= 0.3 is 5.97 Å². The summed E-state index contributed by atoms with van der Waals surface area (Å²) in [5.41, 5.74) is 3.37. The SMILES string of the molecule is CC1=C2C[C@@H]3[C@H](C[C@]2(C)CCC1)OC(=O)[C@@H]3CN1CCN(C(=O)c2ccco2)CC1. The molecule has 6 nitrogen and oxygen atoms in total. The molecule has 0 spiro atoms. The third-order valence-corrected chi connectivity index (χ3v) is 8.03. The zero-order valence-corrected chi connectivity index (χ0v) is 18.1. The Hall–Kier alpha value is -2.08. The van der Waals surface area contributed by atoms with E-state index < -0.39 is 0 Å². The van der Waals surface area contributed by atoms with Crippen LogP contribution in [0.1, 0.15) is 56.5 Å². The lowest BCUT2D eigenvalue weighted by Gasteiger charge is -2.46. The minimum Gasteiger partial charge on any atom is -0.462 e. The van der Waals surface area contributed by atoms with Gasteiger partial charge in [-0.15, -0.1) is 0 Å². The summed E-state index contributed by atoms with van der Waals surface area (Å²) in [4.78, 5) is 29.4. The van der Waals surface area contributed by atoms with Crippen LogP contribution in [0.15, 0.2) is 34.0 Å². The van der Waals surface area contributed by atoms with E-state index in [2.05, 4.69) is 18.7 Å². The van der Waals surface area contributed by atoms with Gasteiger partial charge in [-0.1, -0.05) is 18.1 Å². The fraction of sp³-hybridized carbons (Fsp3) is 0.667. The molecule has 1 aromatic heterocycles. The van der Waals surface area contributed by atoms with Gasteiger partial charge in [0.25, 0.3) is 5.91 Å². The predicted molar refractivity (Wildman–Crippen MR) is 112 cm³/mol. The van der Waals surface area contributed by atoms with Crippen molar-refractivity contribution in [2.45, 2.75) is 52.1 Å². The highest BCUT2D eigenvalue weighted by atomic mass is 16.6. The van der Waals surface area contributed by atoms with Gasteiger partial charge in [0.1, 0.15) is 6.10 Å². The first-order chi connectivity index (χ1) is 14.4. The summed E-state index contributed by atoms with van der Waals surface area (Å²) in [5, 5.41) is 0. The molecule has 3 fully saturated rings. The molecule has 1 amide bonds. The highest BCUT2D eigenvalue weighted by Gasteiger charge is 2.53. The van der Waals surface area contributed by atoms with Gasteiger partial charge < -0.3 is 14.1 Å². The first-order valence-electron chi connectivity index (χ1n) is 11.4. The average molecular weight is 413 g/mol. The molecular weight excluding hydrogens is 380 g/mol. The van der Waals surface area contributed by atoms with E-state index >= 15 is 0 Å². The molecule has 1 saturated carbocycles. The average Bonchev–Trinajstić information content (AvgIpc) is 3.35. The molecule has 2 aliphatic heterocycles. The molecule has 2 saturated heterocycles. The second-order valence-electron chi connectivity index (χ2n) is 9.90. The first kappa shape index (κ1) is 19.9. The van der Waals surface area contributed by atoms with Crippen molar-refractivity contribution >= 4 is 11.9 Å². The van der Waals surface area contributed by atoms with Crippen molar-refractivity contribution in [1.29, 1.82) is 0 Å². The van der Waals surface area contributed by atoms with Gasteiger partial charge in [-0.3, -0.25) is 14.5 Å². The lowest BCUT2D eigenvalue weighted by Crippen LogP contribution is -2.51. The van der Waals surface area contributed by atoms with Crippen LogP contribution < -0.4 is 0 Å². The standard InChI is InChI=1S/C24H32N2O4/c1-16-5-3-7-24(2)14-21-17(13-19(16)24)18(23(28)30-21)15-25-8-10-26(11-9-25)22(27)20-6-4-12-29-20/h4,6,12,17-18,21H,3,5,7-11,13-15H2,1-2H3/t17-,18+,21-,24-/m0/s1. The number of furan rings is 1. The lowest BCUT2D eigenvalue weighted by molar-refractivity contribution is -0.145. The number of fused-ring (bicyclic) bond motifs is 2. The Morgan fingerprint density at radius 1 is 1.27 bits per heavy atom. The smallest absolute Gasteiger partial charge is 0.310 e. The fourth-order valence-electron chi connectivity index (χ4n) is 6.29. The number of ether oxygens (including phenoxy) is 1. The number of allylic oxidation sites excluding steroid dienone is 2. The second kappa shape index (κ2) is 7.56. The Morgan fingerprint density at radius 2 is 2.07 bits per heavy atom. The number of piperazine rings is 1. The Morgan fingerprint density at radius 3 is 2.80 bits per heavy atom. The quantitative estimate of drug-likeness (QED) is 0.562. The van der Waals surface area contributed by atoms with Crippen LogP contribution in [0.5, 0.6) is 0 Å². The van der Waals surface area contributed by atoms with Crippen LogP contribution >= 0.6 is 0 Å². The molecule has 4 atom stereocenters. The minimum absolute atomic E-state index is 0.0143. The predicted octanol–water partition coefficient (Wildman–Crippen LogP) is 3.50. The zero-order valence-electron chi connectivity index (χ0n) is 18.1. The molecule has 5 rings (SSSR count). The summed E-state index contributed by atoms with van der Waals surface area (Å²) >= 11 is 0. The van der Waals surface area contributed by atoms with E-state index in [1.54, 1.807) is 23.3 Å². The molecule has 162 valence electrons. The van der Waals surface area contributed by atoms with Crippen molar-refractivity contribution in [1.82, 2.24) is 9.80 Å². The molecule has 0 bridgehead atoms. The molecule has 1 aromatic rings.